The van der Waals surface area contributed by atoms with Crippen LogP contribution < -0.4 is 5.56 Å². The molecule has 4 rings (SSSR count). The fourth-order valence-electron chi connectivity index (χ4n) is 2.90. The van der Waals surface area contributed by atoms with Crippen LogP contribution in [0.2, 0.25) is 5.02 Å². The van der Waals surface area contributed by atoms with Gasteiger partial charge in [0.1, 0.15) is 0 Å². The van der Waals surface area contributed by atoms with Gasteiger partial charge in [-0.1, -0.05) is 47.6 Å². The molecule has 1 aromatic heterocycles. The van der Waals surface area contributed by atoms with E-state index in [9.17, 15) is 4.79 Å². The lowest BCUT2D eigenvalue weighted by atomic mass is 10.2. The minimum Gasteiger partial charge on any atom is -0.268 e. The zero-order valence-electron chi connectivity index (χ0n) is 14.7. The Hall–Kier alpha value is -3.07. The zero-order valence-corrected chi connectivity index (χ0v) is 16.2. The van der Waals surface area contributed by atoms with Crippen molar-refractivity contribution < 1.29 is 0 Å². The van der Waals surface area contributed by atoms with Gasteiger partial charge in [-0.25, -0.2) is 4.98 Å². The largest absolute Gasteiger partial charge is 0.268 e. The summed E-state index contributed by atoms with van der Waals surface area (Å²) in [4.78, 5) is 17.9. The number of hydrogen-bond acceptors (Lipinski definition) is 4. The zero-order chi connectivity index (χ0) is 19.5. The van der Waals surface area contributed by atoms with Crippen molar-refractivity contribution >= 4 is 34.3 Å². The first-order chi connectivity index (χ1) is 13.7. The number of thioether (sulfide) groups is 1. The second-order valence-electron chi connectivity index (χ2n) is 6.13. The predicted molar refractivity (Wildman–Crippen MR) is 113 cm³/mol. The van der Waals surface area contributed by atoms with Crippen molar-refractivity contribution in [3.8, 4) is 11.8 Å². The summed E-state index contributed by atoms with van der Waals surface area (Å²) >= 11 is 7.55. The molecule has 0 spiro atoms. The molecule has 4 aromatic rings. The van der Waals surface area contributed by atoms with Crippen LogP contribution in [0.4, 0.5) is 0 Å². The molecule has 6 heteroatoms. The quantitative estimate of drug-likeness (QED) is 0.347. The number of para-hydroxylation sites is 1. The molecule has 136 valence electrons. The molecule has 0 amide bonds. The monoisotopic (exact) mass is 403 g/mol. The van der Waals surface area contributed by atoms with Crippen molar-refractivity contribution in [2.24, 2.45) is 0 Å². The minimum atomic E-state index is -0.135. The van der Waals surface area contributed by atoms with E-state index in [1.807, 2.05) is 42.5 Å². The van der Waals surface area contributed by atoms with E-state index in [1.165, 1.54) is 11.8 Å². The molecule has 0 saturated heterocycles. The smallest absolute Gasteiger partial charge is 0.266 e. The van der Waals surface area contributed by atoms with Crippen LogP contribution in [0.1, 0.15) is 11.1 Å². The van der Waals surface area contributed by atoms with Crippen molar-refractivity contribution in [3.63, 3.8) is 0 Å². The van der Waals surface area contributed by atoms with Crippen molar-refractivity contribution in [2.75, 3.05) is 0 Å². The van der Waals surface area contributed by atoms with Gasteiger partial charge in [0.25, 0.3) is 5.56 Å². The van der Waals surface area contributed by atoms with Crippen LogP contribution in [-0.2, 0) is 5.75 Å². The molecule has 3 aromatic carbocycles. The number of nitrogens with zero attached hydrogens (tertiary/aromatic N) is 3. The van der Waals surface area contributed by atoms with Gasteiger partial charge in [-0.15, -0.1) is 0 Å². The van der Waals surface area contributed by atoms with Crippen LogP contribution in [0.15, 0.2) is 82.7 Å². The maximum atomic E-state index is 13.2. The molecule has 0 bridgehead atoms. The summed E-state index contributed by atoms with van der Waals surface area (Å²) in [5.41, 5.74) is 2.79. The molecule has 0 saturated carbocycles. The second kappa shape index (κ2) is 7.89. The van der Waals surface area contributed by atoms with Crippen molar-refractivity contribution in [1.29, 1.82) is 5.26 Å². The molecule has 0 unspecified atom stereocenters. The molecule has 0 radical (unpaired) electrons. The van der Waals surface area contributed by atoms with E-state index >= 15 is 0 Å². The summed E-state index contributed by atoms with van der Waals surface area (Å²) in [5.74, 6) is 0.627. The van der Waals surface area contributed by atoms with Crippen LogP contribution in [-0.4, -0.2) is 9.55 Å². The molecule has 1 heterocycles. The van der Waals surface area contributed by atoms with E-state index in [0.717, 1.165) is 5.56 Å². The molecule has 0 fully saturated rings. The Kier molecular flexibility index (Phi) is 5.16. The molecule has 0 atom stereocenters. The van der Waals surface area contributed by atoms with E-state index in [2.05, 4.69) is 6.07 Å². The third-order valence-electron chi connectivity index (χ3n) is 4.26. The van der Waals surface area contributed by atoms with Crippen LogP contribution in [0.3, 0.4) is 0 Å². The Morgan fingerprint density at radius 3 is 2.57 bits per heavy atom. The number of rotatable bonds is 4. The summed E-state index contributed by atoms with van der Waals surface area (Å²) in [6.07, 6.45) is 0. The highest BCUT2D eigenvalue weighted by Crippen LogP contribution is 2.25. The highest BCUT2D eigenvalue weighted by molar-refractivity contribution is 7.98. The summed E-state index contributed by atoms with van der Waals surface area (Å²) in [6, 6.07) is 23.9. The van der Waals surface area contributed by atoms with Crippen molar-refractivity contribution in [1.82, 2.24) is 9.55 Å². The van der Waals surface area contributed by atoms with E-state index in [1.54, 1.807) is 34.9 Å². The Balaban J connectivity index is 1.83. The predicted octanol–water partition coefficient (Wildman–Crippen LogP) is 5.20. The van der Waals surface area contributed by atoms with Gasteiger partial charge in [-0.2, -0.15) is 5.26 Å². The number of halogens is 1. The minimum absolute atomic E-state index is 0.135. The lowest BCUT2D eigenvalue weighted by molar-refractivity contribution is 0.819. The van der Waals surface area contributed by atoms with Crippen LogP contribution in [0.25, 0.3) is 16.6 Å². The summed E-state index contributed by atoms with van der Waals surface area (Å²) < 4.78 is 1.60. The lowest BCUT2D eigenvalue weighted by Gasteiger charge is -2.13. The molecule has 0 aliphatic carbocycles. The van der Waals surface area contributed by atoms with E-state index in [0.29, 0.717) is 38.1 Å². The topological polar surface area (TPSA) is 58.7 Å². The normalized spacial score (nSPS) is 10.7. The fourth-order valence-corrected chi connectivity index (χ4v) is 4.07. The van der Waals surface area contributed by atoms with Gasteiger partial charge in [0.05, 0.1) is 28.2 Å². The van der Waals surface area contributed by atoms with Gasteiger partial charge in [0.2, 0.25) is 0 Å². The lowest BCUT2D eigenvalue weighted by Crippen LogP contribution is -2.21. The maximum absolute atomic E-state index is 13.2. The number of benzene rings is 3. The van der Waals surface area contributed by atoms with Gasteiger partial charge in [-0.3, -0.25) is 9.36 Å². The molecular formula is C22H14ClN3OS. The van der Waals surface area contributed by atoms with Crippen LogP contribution in [0.5, 0.6) is 0 Å². The summed E-state index contributed by atoms with van der Waals surface area (Å²) in [7, 11) is 0. The van der Waals surface area contributed by atoms with E-state index in [4.69, 9.17) is 21.8 Å². The number of aromatic nitrogens is 2. The molecule has 0 aliphatic rings. The number of fused-ring (bicyclic) bond motifs is 1. The third kappa shape index (κ3) is 3.65. The molecule has 0 aliphatic heterocycles. The Morgan fingerprint density at radius 2 is 1.82 bits per heavy atom. The van der Waals surface area contributed by atoms with Gasteiger partial charge < -0.3 is 0 Å². The SMILES string of the molecule is N#Cc1ccc(-n2c(SCc3cccc(Cl)c3)nc3ccccc3c2=O)cc1. The van der Waals surface area contributed by atoms with Gasteiger partial charge in [0.15, 0.2) is 5.16 Å². The average molecular weight is 404 g/mol. The molecule has 0 N–H and O–H groups in total. The van der Waals surface area contributed by atoms with Crippen LogP contribution >= 0.6 is 23.4 Å². The average Bonchev–Trinajstić information content (AvgIpc) is 2.73. The fraction of sp³-hybridized carbons (Fsp3) is 0.0455. The number of nitriles is 1. The van der Waals surface area contributed by atoms with Gasteiger partial charge >= 0.3 is 0 Å². The summed E-state index contributed by atoms with van der Waals surface area (Å²) in [5, 5.41) is 10.9. The van der Waals surface area contributed by atoms with Crippen molar-refractivity contribution in [3.05, 3.63) is 99.3 Å². The highest BCUT2D eigenvalue weighted by Gasteiger charge is 2.13. The standard InChI is InChI=1S/C22H14ClN3OS/c23-17-5-3-4-16(12-17)14-28-22-25-20-7-2-1-6-19(20)21(27)26(22)18-10-8-15(13-24)9-11-18/h1-12H,14H2. The maximum Gasteiger partial charge on any atom is 0.266 e. The first-order valence-corrected chi connectivity index (χ1v) is 9.91. The van der Waals surface area contributed by atoms with Crippen LogP contribution in [0, 0.1) is 11.3 Å². The highest BCUT2D eigenvalue weighted by atomic mass is 35.5. The Labute approximate surface area is 171 Å². The van der Waals surface area contributed by atoms with Gasteiger partial charge in [-0.05, 0) is 54.1 Å². The molecule has 28 heavy (non-hydrogen) atoms. The first kappa shape index (κ1) is 18.3. The van der Waals surface area contributed by atoms with Crippen molar-refractivity contribution in [2.45, 2.75) is 10.9 Å². The Morgan fingerprint density at radius 1 is 1.04 bits per heavy atom. The third-order valence-corrected chi connectivity index (χ3v) is 5.50. The molecular weight excluding hydrogens is 390 g/mol. The summed E-state index contributed by atoms with van der Waals surface area (Å²) in [6.45, 7) is 0. The van der Waals surface area contributed by atoms with E-state index < -0.39 is 0 Å². The van der Waals surface area contributed by atoms with E-state index in [-0.39, 0.29) is 5.56 Å². The van der Waals surface area contributed by atoms with Gasteiger partial charge in [0, 0.05) is 10.8 Å². The second-order valence-corrected chi connectivity index (χ2v) is 7.51. The number of hydrogen-bond donors (Lipinski definition) is 0. The molecule has 4 nitrogen and oxygen atoms in total. The Bertz CT molecular complexity index is 1260. The first-order valence-electron chi connectivity index (χ1n) is 8.55.